The number of aromatic nitrogens is 1. The summed E-state index contributed by atoms with van der Waals surface area (Å²) in [6.45, 7) is 7.91. The van der Waals surface area contributed by atoms with Gasteiger partial charge in [-0.25, -0.2) is 4.98 Å². The van der Waals surface area contributed by atoms with Gasteiger partial charge in [0, 0.05) is 17.8 Å². The van der Waals surface area contributed by atoms with Crippen LogP contribution >= 0.6 is 0 Å². The molecule has 4 rings (SSSR count). The molecule has 1 aliphatic heterocycles. The zero-order valence-electron chi connectivity index (χ0n) is 24.4. The molecule has 1 aromatic heterocycles. The van der Waals surface area contributed by atoms with Crippen LogP contribution in [0.1, 0.15) is 69.6 Å². The lowest BCUT2D eigenvalue weighted by Gasteiger charge is -2.42. The van der Waals surface area contributed by atoms with Crippen LogP contribution in [0.2, 0.25) is 0 Å². The van der Waals surface area contributed by atoms with Gasteiger partial charge in [0.25, 0.3) is 10.0 Å². The first-order chi connectivity index (χ1) is 19.9. The molecule has 0 saturated carbocycles. The molecule has 0 bridgehead atoms. The zero-order valence-corrected chi connectivity index (χ0v) is 25.2. The number of rotatable bonds is 10. The highest BCUT2D eigenvalue weighted by atomic mass is 32.2. The third-order valence-corrected chi connectivity index (χ3v) is 9.00. The van der Waals surface area contributed by atoms with Gasteiger partial charge in [-0.1, -0.05) is 76.6 Å². The number of hydrogen-bond donors (Lipinski definition) is 1. The number of ether oxygens (including phenoxy) is 1. The molecule has 0 spiro atoms. The maximum absolute atomic E-state index is 14.2. The number of esters is 1. The van der Waals surface area contributed by atoms with Gasteiger partial charge in [0.05, 0.1) is 11.5 Å². The molecule has 0 aliphatic carbocycles. The highest BCUT2D eigenvalue weighted by molar-refractivity contribution is 7.92. The quantitative estimate of drug-likeness (QED) is 0.226. The van der Waals surface area contributed by atoms with Crippen molar-refractivity contribution in [3.05, 3.63) is 89.6 Å². The Bertz CT molecular complexity index is 1560. The summed E-state index contributed by atoms with van der Waals surface area (Å²) in [5.74, 6) is -2.65. The number of nitrogens with one attached hydrogen (secondary N) is 1. The predicted octanol–water partition coefficient (Wildman–Crippen LogP) is 6.04. The molecular weight excluding hydrogens is 550 g/mol. The van der Waals surface area contributed by atoms with Gasteiger partial charge < -0.3 is 4.74 Å². The molecule has 1 aliphatic rings. The van der Waals surface area contributed by atoms with Crippen LogP contribution in [0.3, 0.4) is 0 Å². The topological polar surface area (TPSA) is 126 Å². The molecule has 9 heteroatoms. The fraction of sp³-hybridized carbons (Fsp3) is 0.394. The van der Waals surface area contributed by atoms with Gasteiger partial charge in [0.15, 0.2) is 10.8 Å². The number of cyclic esters (lactones) is 1. The minimum atomic E-state index is -4.05. The Morgan fingerprint density at radius 1 is 1.02 bits per heavy atom. The number of Topliss-reactive ketones (excluding diaryl/α,β-unsaturated/α-hetero) is 1. The molecule has 2 aromatic carbocycles. The minimum Gasteiger partial charge on any atom is -0.461 e. The van der Waals surface area contributed by atoms with Crippen LogP contribution in [0.15, 0.2) is 78.0 Å². The van der Waals surface area contributed by atoms with Crippen molar-refractivity contribution in [2.24, 2.45) is 17.3 Å². The molecule has 0 radical (unpaired) electrons. The van der Waals surface area contributed by atoms with E-state index >= 15 is 0 Å². The monoisotopic (exact) mass is 587 g/mol. The molecule has 1 fully saturated rings. The van der Waals surface area contributed by atoms with Gasteiger partial charge in [-0.3, -0.25) is 14.3 Å². The van der Waals surface area contributed by atoms with E-state index in [1.807, 2.05) is 70.2 Å². The van der Waals surface area contributed by atoms with Crippen molar-refractivity contribution in [2.75, 3.05) is 4.72 Å². The van der Waals surface area contributed by atoms with Crippen LogP contribution < -0.4 is 4.72 Å². The average Bonchev–Trinajstić information content (AvgIpc) is 2.95. The second-order valence-corrected chi connectivity index (χ2v) is 13.5. The van der Waals surface area contributed by atoms with Crippen LogP contribution in [0, 0.1) is 28.6 Å². The Kier molecular flexibility index (Phi) is 9.47. The third-order valence-electron chi connectivity index (χ3n) is 7.71. The number of carbonyl (C=O) groups is 2. The molecule has 1 N–H and O–H groups in total. The number of ketones is 1. The molecule has 3 aromatic rings. The number of nitriles is 1. The summed E-state index contributed by atoms with van der Waals surface area (Å²) < 4.78 is 34.6. The largest absolute Gasteiger partial charge is 0.461 e. The number of pyridine rings is 1. The average molecular weight is 588 g/mol. The number of hydrogen-bond acceptors (Lipinski definition) is 7. The minimum absolute atomic E-state index is 0.117. The van der Waals surface area contributed by atoms with Gasteiger partial charge in [-0.2, -0.15) is 13.7 Å². The molecule has 42 heavy (non-hydrogen) atoms. The summed E-state index contributed by atoms with van der Waals surface area (Å²) in [5, 5.41) is 8.76. The molecular formula is C33H37N3O5S. The van der Waals surface area contributed by atoms with Crippen molar-refractivity contribution in [2.45, 2.75) is 70.4 Å². The Morgan fingerprint density at radius 2 is 1.76 bits per heavy atom. The van der Waals surface area contributed by atoms with E-state index in [4.69, 9.17) is 10.00 Å². The lowest BCUT2D eigenvalue weighted by molar-refractivity contribution is -0.174. The lowest BCUT2D eigenvalue weighted by Crippen LogP contribution is -2.50. The molecule has 2 heterocycles. The van der Waals surface area contributed by atoms with Crippen molar-refractivity contribution in [1.82, 2.24) is 4.98 Å². The summed E-state index contributed by atoms with van der Waals surface area (Å²) in [4.78, 5) is 31.6. The van der Waals surface area contributed by atoms with Gasteiger partial charge in [0.2, 0.25) is 0 Å². The normalized spacial score (nSPS) is 19.9. The van der Waals surface area contributed by atoms with Crippen LogP contribution in [-0.2, 0) is 30.8 Å². The Hall–Kier alpha value is -4.03. The van der Waals surface area contributed by atoms with E-state index in [0.29, 0.717) is 24.8 Å². The van der Waals surface area contributed by atoms with Crippen molar-refractivity contribution in [3.63, 3.8) is 0 Å². The van der Waals surface area contributed by atoms with Crippen LogP contribution in [-0.4, -0.2) is 31.3 Å². The fourth-order valence-corrected chi connectivity index (χ4v) is 6.76. The Balaban J connectivity index is 1.65. The third kappa shape index (κ3) is 7.05. The van der Waals surface area contributed by atoms with Crippen molar-refractivity contribution in [3.8, 4) is 6.07 Å². The van der Waals surface area contributed by atoms with E-state index in [-0.39, 0.29) is 22.1 Å². The highest BCUT2D eigenvalue weighted by Gasteiger charge is 2.51. The smallest absolute Gasteiger partial charge is 0.317 e. The summed E-state index contributed by atoms with van der Waals surface area (Å²) in [7, 11) is -4.05. The van der Waals surface area contributed by atoms with Crippen molar-refractivity contribution < 1.29 is 22.7 Å². The summed E-state index contributed by atoms with van der Waals surface area (Å²) in [6.07, 6.45) is 3.41. The van der Waals surface area contributed by atoms with Crippen LogP contribution in [0.4, 0.5) is 5.69 Å². The molecule has 3 unspecified atom stereocenters. The maximum Gasteiger partial charge on any atom is 0.317 e. The first-order valence-electron chi connectivity index (χ1n) is 14.2. The summed E-state index contributed by atoms with van der Waals surface area (Å²) >= 11 is 0. The van der Waals surface area contributed by atoms with E-state index in [0.717, 1.165) is 12.0 Å². The number of benzene rings is 2. The second-order valence-electron chi connectivity index (χ2n) is 11.8. The van der Waals surface area contributed by atoms with E-state index < -0.39 is 45.3 Å². The predicted molar refractivity (Wildman–Crippen MR) is 160 cm³/mol. The maximum atomic E-state index is 14.2. The van der Waals surface area contributed by atoms with Gasteiger partial charge in [0.1, 0.15) is 18.1 Å². The van der Waals surface area contributed by atoms with E-state index in [2.05, 4.69) is 9.71 Å². The Labute approximate surface area is 248 Å². The van der Waals surface area contributed by atoms with Crippen molar-refractivity contribution in [1.29, 1.82) is 5.26 Å². The summed E-state index contributed by atoms with van der Waals surface area (Å²) in [6, 6.07) is 21.3. The van der Waals surface area contributed by atoms with Gasteiger partial charge in [-0.15, -0.1) is 0 Å². The number of sulfonamides is 1. The Morgan fingerprint density at radius 3 is 2.38 bits per heavy atom. The standard InChI is InChI=1S/C33H37N3O5S/c1-5-10-27-26(17-15-22-11-7-6-8-12-22)31(37)29(32(38)41-27)30(33(2,3)4)24-13-9-14-25(19-24)36-42(39,40)28-18-16-23(20-34)21-35-28/h6-9,11-14,16,18-19,21,26-27,29-30,36H,5,10,15,17H2,1-4H3/t26?,27-,29?,30?/m1/s1. The molecule has 1 saturated heterocycles. The van der Waals surface area contributed by atoms with Gasteiger partial charge in [-0.05, 0) is 60.1 Å². The second kappa shape index (κ2) is 12.9. The fourth-order valence-electron chi connectivity index (χ4n) is 5.78. The number of nitrogens with zero attached hydrogens (tertiary/aromatic N) is 2. The van der Waals surface area contributed by atoms with Crippen molar-refractivity contribution >= 4 is 27.5 Å². The van der Waals surface area contributed by atoms with E-state index in [1.54, 1.807) is 18.2 Å². The first kappa shape index (κ1) is 30.9. The van der Waals surface area contributed by atoms with Crippen LogP contribution in [0.25, 0.3) is 0 Å². The van der Waals surface area contributed by atoms with E-state index in [1.165, 1.54) is 18.3 Å². The number of carbonyl (C=O) groups excluding carboxylic acids is 2. The molecule has 0 amide bonds. The van der Waals surface area contributed by atoms with Gasteiger partial charge >= 0.3 is 5.97 Å². The molecule has 8 nitrogen and oxygen atoms in total. The SMILES string of the molecule is CCC[C@H]1OC(=O)C(C(c2cccc(NS(=O)(=O)c3ccc(C#N)cn3)c2)C(C)(C)C)C(=O)C1CCc1ccccc1. The molecule has 220 valence electrons. The first-order valence-corrected chi connectivity index (χ1v) is 15.7. The van der Waals surface area contributed by atoms with E-state index in [9.17, 15) is 18.0 Å². The lowest BCUT2D eigenvalue weighted by atomic mass is 9.65. The number of anilines is 1. The highest BCUT2D eigenvalue weighted by Crippen LogP contribution is 2.46. The molecule has 4 atom stereocenters. The summed E-state index contributed by atoms with van der Waals surface area (Å²) in [5.41, 5.74) is 1.76. The number of aryl methyl sites for hydroxylation is 1. The zero-order chi connectivity index (χ0) is 30.5. The van der Waals surface area contributed by atoms with Crippen LogP contribution in [0.5, 0.6) is 0 Å².